The Kier molecular flexibility index (Phi) is 13.4. The molecule has 2 saturated carbocycles. The molecule has 0 unspecified atom stereocenters. The number of nitrogens with one attached hydrogen (secondary N) is 1. The summed E-state index contributed by atoms with van der Waals surface area (Å²) in [5, 5.41) is 2.53. The number of carbonyl (C=O) groups excluding carboxylic acids is 5. The van der Waals surface area contributed by atoms with Crippen molar-refractivity contribution in [1.29, 1.82) is 0 Å². The number of carbonyl (C=O) groups is 5. The van der Waals surface area contributed by atoms with Crippen LogP contribution < -0.4 is 5.32 Å². The highest BCUT2D eigenvalue weighted by Crippen LogP contribution is 2.50. The molecule has 0 spiro atoms. The van der Waals surface area contributed by atoms with Crippen LogP contribution in [-0.4, -0.2) is 76.2 Å². The van der Waals surface area contributed by atoms with E-state index < -0.39 is 64.0 Å². The van der Waals surface area contributed by atoms with E-state index in [1.807, 2.05) is 0 Å². The van der Waals surface area contributed by atoms with Crippen molar-refractivity contribution in [3.05, 3.63) is 0 Å². The number of ether oxygens (including phenoxy) is 5. The molecule has 0 aliphatic heterocycles. The van der Waals surface area contributed by atoms with Crippen molar-refractivity contribution in [3.8, 4) is 24.7 Å². The monoisotopic (exact) mass is 634 g/mol. The molecule has 2 rings (SSSR count). The van der Waals surface area contributed by atoms with Gasteiger partial charge in [0, 0.05) is 6.42 Å². The highest BCUT2D eigenvalue weighted by molar-refractivity contribution is 5.99. The maximum atomic E-state index is 12.7. The van der Waals surface area contributed by atoms with Crippen molar-refractivity contribution in [2.75, 3.05) is 13.2 Å². The van der Waals surface area contributed by atoms with Gasteiger partial charge in [0.15, 0.2) is 11.1 Å². The van der Waals surface area contributed by atoms with Crippen LogP contribution in [0.1, 0.15) is 105 Å². The Labute approximate surface area is 271 Å². The first-order chi connectivity index (χ1) is 19.5. The summed E-state index contributed by atoms with van der Waals surface area (Å²) < 4.78 is 25.7. The lowest BCUT2D eigenvalue weighted by Gasteiger charge is -2.32. The molecule has 260 valence electrons. The Bertz CT molecular complexity index is 1160. The zero-order chi connectivity index (χ0) is 33.6. The van der Waals surface area contributed by atoms with Gasteiger partial charge in [-0.3, -0.25) is 0 Å². The fourth-order valence-electron chi connectivity index (χ4n) is 3.91. The van der Waals surface area contributed by atoms with Crippen LogP contribution in [0.3, 0.4) is 0 Å². The summed E-state index contributed by atoms with van der Waals surface area (Å²) in [5.74, 6) is 2.67. The largest absolute Gasteiger partial charge is 1.00 e. The molecule has 0 radical (unpaired) electrons. The van der Waals surface area contributed by atoms with Gasteiger partial charge in [0.25, 0.3) is 0 Å². The number of nitrogens with zero attached hydrogens (tertiary/aromatic N) is 1. The minimum Gasteiger partial charge on any atom is -1.00 e. The maximum absolute atomic E-state index is 12.7. The van der Waals surface area contributed by atoms with E-state index in [0.29, 0.717) is 11.3 Å². The number of imide groups is 1. The van der Waals surface area contributed by atoms with Crippen molar-refractivity contribution in [2.45, 2.75) is 124 Å². The number of alkyl carbamates (subject to hydrolysis) is 1. The van der Waals surface area contributed by atoms with Gasteiger partial charge < -0.3 is 37.6 Å². The van der Waals surface area contributed by atoms with Gasteiger partial charge >= 0.3 is 30.2 Å². The quantitative estimate of drug-likeness (QED) is 0.213. The molecule has 0 aromatic carbocycles. The second-order valence-corrected chi connectivity index (χ2v) is 13.1. The summed E-state index contributed by atoms with van der Waals surface area (Å²) >= 11 is 0. The lowest BCUT2D eigenvalue weighted by molar-refractivity contribution is -0.151. The molecule has 4 atom stereocenters. The predicted octanol–water partition coefficient (Wildman–Crippen LogP) is 5.89. The molecule has 2 aliphatic rings. The molecule has 12 nitrogen and oxygen atoms in total. The van der Waals surface area contributed by atoms with Crippen molar-refractivity contribution >= 4 is 30.2 Å². The van der Waals surface area contributed by atoms with E-state index in [4.69, 9.17) is 36.5 Å². The van der Waals surface area contributed by atoms with Crippen LogP contribution in [0, 0.1) is 36.5 Å². The van der Waals surface area contributed by atoms with E-state index in [1.54, 1.807) is 76.2 Å². The molecule has 0 aromatic rings. The number of hydrogen-bond acceptors (Lipinski definition) is 10. The Morgan fingerprint density at radius 3 is 1.48 bits per heavy atom. The van der Waals surface area contributed by atoms with Crippen LogP contribution in [0.4, 0.5) is 14.4 Å². The fourth-order valence-corrected chi connectivity index (χ4v) is 3.91. The summed E-state index contributed by atoms with van der Waals surface area (Å²) in [4.78, 5) is 62.0. The first-order valence-electron chi connectivity index (χ1n) is 14.1. The van der Waals surface area contributed by atoms with Crippen LogP contribution in [-0.2, 0) is 33.3 Å². The normalized spacial score (nSPS) is 23.3. The van der Waals surface area contributed by atoms with E-state index in [-0.39, 0.29) is 41.5 Å². The van der Waals surface area contributed by atoms with Crippen molar-refractivity contribution in [2.24, 2.45) is 11.8 Å². The Hall–Kier alpha value is -3.93. The van der Waals surface area contributed by atoms with Crippen LogP contribution in [0.5, 0.6) is 0 Å². The van der Waals surface area contributed by atoms with Crippen LogP contribution in [0.15, 0.2) is 0 Å². The summed E-state index contributed by atoms with van der Waals surface area (Å²) in [5.41, 5.74) is -5.05. The highest BCUT2D eigenvalue weighted by atomic mass is 16.6. The predicted molar refractivity (Wildman–Crippen MR) is 170 cm³/mol. The molecular weight excluding hydrogens is 572 g/mol. The zero-order valence-electron chi connectivity index (χ0n) is 33.2. The third-order valence-electron chi connectivity index (χ3n) is 5.84. The van der Waals surface area contributed by atoms with Gasteiger partial charge in [-0.15, -0.1) is 24.7 Å². The standard InChI is InChI=1S/C18H27NO6.C13H19NO4.CH4.6H/c1-9-12-11-18(12,13(20)23-10-2)19(14(21)24-16(3,4)5)15(22)25-17(6,7)8;1-6-9-8-13(9,10(15)17-7-2)14-11(16)18-12(3,4)5;;;;;;;/h1,12H,10-11H2,2-8H3;1,9H,7-8H2,2-5H3,(H,14,16);1H4;;;;;;/q;;;6*-1/t12-,18-;9-,13-;;;;;;;/m11......./s1/i;;;6*1+1. The third kappa shape index (κ3) is 10.7. The molecule has 12 heteroatoms. The van der Waals surface area contributed by atoms with E-state index in [1.165, 1.54) is 0 Å². The second kappa shape index (κ2) is 14.7. The number of hydrogen-bond donors (Lipinski definition) is 1. The average molecular weight is 635 g/mol. The maximum Gasteiger partial charge on any atom is 0.420 e. The van der Waals surface area contributed by atoms with E-state index in [0.717, 1.165) is 0 Å². The molecule has 0 bridgehead atoms. The Morgan fingerprint density at radius 1 is 0.750 bits per heavy atom. The summed E-state index contributed by atoms with van der Waals surface area (Å²) in [7, 11) is 0. The number of terminal acetylenes is 2. The summed E-state index contributed by atoms with van der Waals surface area (Å²) in [6.07, 6.45) is 8.60. The molecular formula is C32H56N2O10-6. The molecule has 44 heavy (non-hydrogen) atoms. The summed E-state index contributed by atoms with van der Waals surface area (Å²) in [6, 6.07) is 0. The zero-order valence-corrected chi connectivity index (χ0v) is 27.2. The van der Waals surface area contributed by atoms with Gasteiger partial charge in [0.05, 0.1) is 25.0 Å². The van der Waals surface area contributed by atoms with Crippen LogP contribution in [0.2, 0.25) is 0 Å². The van der Waals surface area contributed by atoms with Crippen molar-refractivity contribution in [1.82, 2.24) is 10.2 Å². The van der Waals surface area contributed by atoms with Crippen LogP contribution >= 0.6 is 0 Å². The first-order valence-corrected chi connectivity index (χ1v) is 14.1. The first kappa shape index (κ1) is 40.1. The number of amides is 3. The molecule has 3 amide bonds. The van der Waals surface area contributed by atoms with Gasteiger partial charge in [-0.05, 0) is 82.6 Å². The molecule has 0 aromatic heterocycles. The Morgan fingerprint density at radius 2 is 1.16 bits per heavy atom. The molecule has 2 aliphatic carbocycles. The van der Waals surface area contributed by atoms with E-state index in [9.17, 15) is 24.0 Å². The minimum atomic E-state index is -1.59. The van der Waals surface area contributed by atoms with Crippen molar-refractivity contribution in [3.63, 3.8) is 0 Å². The topological polar surface area (TPSA) is 147 Å². The van der Waals surface area contributed by atoms with Gasteiger partial charge in [-0.25, -0.2) is 24.0 Å². The number of esters is 2. The number of rotatable bonds is 6. The van der Waals surface area contributed by atoms with Crippen molar-refractivity contribution < 1.29 is 56.2 Å². The fraction of sp³-hybridized carbons (Fsp3) is 0.719. The summed E-state index contributed by atoms with van der Waals surface area (Å²) in [6.45, 7) is 18.8. The smallest absolute Gasteiger partial charge is 0.420 e. The second-order valence-electron chi connectivity index (χ2n) is 13.1. The lowest BCUT2D eigenvalue weighted by Crippen LogP contribution is -2.55. The van der Waals surface area contributed by atoms with Gasteiger partial charge in [0.2, 0.25) is 0 Å². The minimum absolute atomic E-state index is 0. The lowest BCUT2D eigenvalue weighted by atomic mass is 10.1. The van der Waals surface area contributed by atoms with Gasteiger partial charge in [0.1, 0.15) is 16.8 Å². The molecule has 0 saturated heterocycles. The average Bonchev–Trinajstić information content (AvgIpc) is 3.71. The van der Waals surface area contributed by atoms with E-state index >= 15 is 0 Å². The van der Waals surface area contributed by atoms with E-state index in [2.05, 4.69) is 17.2 Å². The third-order valence-corrected chi connectivity index (χ3v) is 5.84. The van der Waals surface area contributed by atoms with Crippen LogP contribution in [0.25, 0.3) is 0 Å². The van der Waals surface area contributed by atoms with Gasteiger partial charge in [-0.2, -0.15) is 4.90 Å². The highest BCUT2D eigenvalue weighted by Gasteiger charge is 2.70. The molecule has 2 fully saturated rings. The molecule has 1 N–H and O–H groups in total. The Balaban J connectivity index is -0.000000134. The molecule has 0 heterocycles. The van der Waals surface area contributed by atoms with Gasteiger partial charge in [-0.1, -0.05) is 7.43 Å². The SMILES string of the molecule is C.C#C[C@@H]1C[C@@]1(C(=O)OCC)N(C(=O)OC(C)(C)C)C(=O)OC(C)(C)C.C#C[C@@H]1C[C@]1(NC(=O)OC(C)(C)C)C(=O)OCC.[2H-].[2H-].[2H-].[2H-].[2H-].[2H-].